The molecule has 0 atom stereocenters. The van der Waals surface area contributed by atoms with E-state index in [1.807, 2.05) is 4.90 Å². The molecule has 0 N–H and O–H groups in total. The summed E-state index contributed by atoms with van der Waals surface area (Å²) >= 11 is 0. The first kappa shape index (κ1) is 28.7. The number of likely N-dealkylation sites (tertiary alicyclic amines) is 1. The zero-order valence-corrected chi connectivity index (χ0v) is 21.4. The summed E-state index contributed by atoms with van der Waals surface area (Å²) < 4.78 is 0. The number of hydrogen-bond donors (Lipinski definition) is 0. The first-order valence-electron chi connectivity index (χ1n) is 14.1. The summed E-state index contributed by atoms with van der Waals surface area (Å²) in [4.78, 5) is 14.0. The Morgan fingerprint density at radius 3 is 1.47 bits per heavy atom. The molecule has 1 rings (SSSR count). The molecule has 0 spiro atoms. The second kappa shape index (κ2) is 22.9. The molecule has 1 saturated heterocycles. The number of carbonyl (C=O) groups is 1. The Morgan fingerprint density at radius 2 is 0.969 bits per heavy atom. The first-order chi connectivity index (χ1) is 15.8. The van der Waals surface area contributed by atoms with Crippen molar-refractivity contribution in [3.63, 3.8) is 0 Å². The molecule has 32 heavy (non-hydrogen) atoms. The predicted molar refractivity (Wildman–Crippen MR) is 142 cm³/mol. The summed E-state index contributed by atoms with van der Waals surface area (Å²) in [5.41, 5.74) is 0. The van der Waals surface area contributed by atoms with Crippen LogP contribution in [0.15, 0.2) is 36.5 Å². The molecule has 0 aromatic carbocycles. The van der Waals surface area contributed by atoms with Crippen LogP contribution in [0, 0.1) is 0 Å². The van der Waals surface area contributed by atoms with Crippen molar-refractivity contribution in [2.75, 3.05) is 13.1 Å². The Bertz CT molecular complexity index is 499. The van der Waals surface area contributed by atoms with Crippen molar-refractivity contribution in [1.82, 2.24) is 4.90 Å². The van der Waals surface area contributed by atoms with Gasteiger partial charge in [0.15, 0.2) is 0 Å². The maximum Gasteiger partial charge on any atom is 0.222 e. The Kier molecular flexibility index (Phi) is 20.5. The fraction of sp³-hybridized carbons (Fsp3) is 0.767. The van der Waals surface area contributed by atoms with Gasteiger partial charge in [0.1, 0.15) is 0 Å². The molecule has 0 aromatic heterocycles. The van der Waals surface area contributed by atoms with Crippen molar-refractivity contribution in [3.8, 4) is 0 Å². The van der Waals surface area contributed by atoms with Gasteiger partial charge in [-0.2, -0.15) is 0 Å². The topological polar surface area (TPSA) is 20.3 Å². The SMILES string of the molecule is CCCCCCCC/C=C\CCCCCC/C=C\CC/C=C\CCCC(=O)N1CCCC1. The molecular formula is C30H53NO. The first-order valence-corrected chi connectivity index (χ1v) is 14.1. The van der Waals surface area contributed by atoms with E-state index in [2.05, 4.69) is 43.4 Å². The number of amides is 1. The lowest BCUT2D eigenvalue weighted by atomic mass is 10.1. The molecule has 0 unspecified atom stereocenters. The average molecular weight is 444 g/mol. The minimum absolute atomic E-state index is 0.360. The minimum Gasteiger partial charge on any atom is -0.343 e. The van der Waals surface area contributed by atoms with Gasteiger partial charge in [0, 0.05) is 19.5 Å². The molecule has 0 saturated carbocycles. The van der Waals surface area contributed by atoms with Gasteiger partial charge in [-0.05, 0) is 77.0 Å². The Hall–Kier alpha value is -1.31. The summed E-state index contributed by atoms with van der Waals surface area (Å²) in [5, 5.41) is 0. The summed E-state index contributed by atoms with van der Waals surface area (Å²) in [6.07, 6.45) is 39.1. The molecule has 1 heterocycles. The van der Waals surface area contributed by atoms with Gasteiger partial charge in [0.05, 0.1) is 0 Å². The molecule has 1 amide bonds. The highest BCUT2D eigenvalue weighted by Crippen LogP contribution is 2.11. The van der Waals surface area contributed by atoms with Gasteiger partial charge < -0.3 is 4.90 Å². The Morgan fingerprint density at radius 1 is 0.562 bits per heavy atom. The molecule has 2 heteroatoms. The van der Waals surface area contributed by atoms with Crippen LogP contribution >= 0.6 is 0 Å². The number of unbranched alkanes of at least 4 members (excludes halogenated alkanes) is 13. The van der Waals surface area contributed by atoms with Gasteiger partial charge in [0.2, 0.25) is 5.91 Å². The van der Waals surface area contributed by atoms with Crippen molar-refractivity contribution < 1.29 is 4.79 Å². The highest BCUT2D eigenvalue weighted by atomic mass is 16.2. The Balaban J connectivity index is 1.77. The lowest BCUT2D eigenvalue weighted by molar-refractivity contribution is -0.130. The largest absolute Gasteiger partial charge is 0.343 e. The van der Waals surface area contributed by atoms with Crippen LogP contribution in [0.2, 0.25) is 0 Å². The van der Waals surface area contributed by atoms with E-state index in [0.29, 0.717) is 5.91 Å². The summed E-state index contributed by atoms with van der Waals surface area (Å²) in [6, 6.07) is 0. The quantitative estimate of drug-likeness (QED) is 0.128. The molecule has 0 bridgehead atoms. The average Bonchev–Trinajstić information content (AvgIpc) is 3.34. The van der Waals surface area contributed by atoms with Gasteiger partial charge >= 0.3 is 0 Å². The van der Waals surface area contributed by atoms with Crippen LogP contribution in [0.3, 0.4) is 0 Å². The van der Waals surface area contributed by atoms with Crippen molar-refractivity contribution >= 4 is 5.91 Å². The second-order valence-electron chi connectivity index (χ2n) is 9.52. The van der Waals surface area contributed by atoms with Gasteiger partial charge in [-0.15, -0.1) is 0 Å². The minimum atomic E-state index is 0.360. The summed E-state index contributed by atoms with van der Waals surface area (Å²) in [7, 11) is 0. The highest BCUT2D eigenvalue weighted by Gasteiger charge is 2.16. The third kappa shape index (κ3) is 18.3. The van der Waals surface area contributed by atoms with Crippen LogP contribution in [-0.4, -0.2) is 23.9 Å². The van der Waals surface area contributed by atoms with Crippen LogP contribution < -0.4 is 0 Å². The molecule has 0 aromatic rings. The van der Waals surface area contributed by atoms with E-state index in [0.717, 1.165) is 45.2 Å². The van der Waals surface area contributed by atoms with Crippen molar-refractivity contribution in [3.05, 3.63) is 36.5 Å². The van der Waals surface area contributed by atoms with Crippen LogP contribution in [0.4, 0.5) is 0 Å². The molecule has 1 aliphatic heterocycles. The van der Waals surface area contributed by atoms with Gasteiger partial charge in [-0.3, -0.25) is 4.79 Å². The summed E-state index contributed by atoms with van der Waals surface area (Å²) in [6.45, 7) is 4.25. The highest BCUT2D eigenvalue weighted by molar-refractivity contribution is 5.76. The van der Waals surface area contributed by atoms with Crippen LogP contribution in [0.25, 0.3) is 0 Å². The monoisotopic (exact) mass is 443 g/mol. The Labute approximate surface area is 200 Å². The summed E-state index contributed by atoms with van der Waals surface area (Å²) in [5.74, 6) is 0.360. The van der Waals surface area contributed by atoms with Crippen molar-refractivity contribution in [2.24, 2.45) is 0 Å². The van der Waals surface area contributed by atoms with E-state index >= 15 is 0 Å². The molecule has 184 valence electrons. The van der Waals surface area contributed by atoms with Gasteiger partial charge in [-0.25, -0.2) is 0 Å². The van der Waals surface area contributed by atoms with E-state index in [1.165, 1.54) is 96.3 Å². The van der Waals surface area contributed by atoms with E-state index < -0.39 is 0 Å². The number of nitrogens with zero attached hydrogens (tertiary/aromatic N) is 1. The lowest BCUT2D eigenvalue weighted by Crippen LogP contribution is -2.27. The zero-order chi connectivity index (χ0) is 23.0. The fourth-order valence-electron chi connectivity index (χ4n) is 4.32. The maximum atomic E-state index is 12.0. The smallest absolute Gasteiger partial charge is 0.222 e. The second-order valence-corrected chi connectivity index (χ2v) is 9.52. The van der Waals surface area contributed by atoms with E-state index in [-0.39, 0.29) is 0 Å². The molecule has 1 fully saturated rings. The van der Waals surface area contributed by atoms with Crippen molar-refractivity contribution in [2.45, 2.75) is 135 Å². The number of carbonyl (C=O) groups excluding carboxylic acids is 1. The van der Waals surface area contributed by atoms with Crippen LogP contribution in [0.5, 0.6) is 0 Å². The third-order valence-corrected chi connectivity index (χ3v) is 6.44. The lowest BCUT2D eigenvalue weighted by Gasteiger charge is -2.14. The van der Waals surface area contributed by atoms with Gasteiger partial charge in [-0.1, -0.05) is 88.3 Å². The van der Waals surface area contributed by atoms with E-state index in [4.69, 9.17) is 0 Å². The molecular weight excluding hydrogens is 390 g/mol. The normalized spacial score (nSPS) is 14.6. The van der Waals surface area contributed by atoms with Gasteiger partial charge in [0.25, 0.3) is 0 Å². The maximum absolute atomic E-state index is 12.0. The van der Waals surface area contributed by atoms with E-state index in [1.54, 1.807) is 0 Å². The third-order valence-electron chi connectivity index (χ3n) is 6.44. The molecule has 2 nitrogen and oxygen atoms in total. The number of hydrogen-bond acceptors (Lipinski definition) is 1. The van der Waals surface area contributed by atoms with Crippen LogP contribution in [0.1, 0.15) is 135 Å². The van der Waals surface area contributed by atoms with E-state index in [9.17, 15) is 4.79 Å². The zero-order valence-electron chi connectivity index (χ0n) is 21.4. The number of rotatable bonds is 21. The molecule has 1 aliphatic rings. The standard InChI is InChI=1S/C30H53NO/c1-2-3-4-5-6-7-8-9-10-11-12-13-14-15-16-17-18-19-20-21-22-23-24-27-30(32)31-28-25-26-29-31/h9-10,17-18,21-22H,2-8,11-16,19-20,23-29H2,1H3/b10-9-,18-17-,22-21-. The van der Waals surface area contributed by atoms with Crippen LogP contribution in [-0.2, 0) is 4.79 Å². The molecule has 0 aliphatic carbocycles. The predicted octanol–water partition coefficient (Wildman–Crippen LogP) is 9.32. The number of allylic oxidation sites excluding steroid dienone is 6. The fourth-order valence-corrected chi connectivity index (χ4v) is 4.32. The molecule has 0 radical (unpaired) electrons. The van der Waals surface area contributed by atoms with Crippen molar-refractivity contribution in [1.29, 1.82) is 0 Å².